The monoisotopic (exact) mass is 293 g/mol. The molecule has 1 saturated carbocycles. The van der Waals surface area contributed by atoms with E-state index in [0.717, 1.165) is 43.0 Å². The maximum absolute atomic E-state index is 9.15. The van der Waals surface area contributed by atoms with Crippen molar-refractivity contribution in [3.05, 3.63) is 11.4 Å². The molecule has 0 radical (unpaired) electrons. The molecule has 1 aliphatic carbocycles. The van der Waals surface area contributed by atoms with E-state index in [1.165, 1.54) is 19.3 Å². The zero-order chi connectivity index (χ0) is 15.2. The Kier molecular flexibility index (Phi) is 5.76. The van der Waals surface area contributed by atoms with Crippen molar-refractivity contribution in [1.29, 1.82) is 0 Å². The molecule has 118 valence electrons. The molecule has 0 spiro atoms. The summed E-state index contributed by atoms with van der Waals surface area (Å²) >= 11 is 0. The van der Waals surface area contributed by atoms with E-state index in [2.05, 4.69) is 22.2 Å². The van der Waals surface area contributed by atoms with Gasteiger partial charge in [0.2, 0.25) is 0 Å². The van der Waals surface area contributed by atoms with Gasteiger partial charge < -0.3 is 15.4 Å². The van der Waals surface area contributed by atoms with Gasteiger partial charge in [0.05, 0.1) is 0 Å². The Hall–Kier alpha value is -1.40. The molecule has 1 heterocycles. The lowest BCUT2D eigenvalue weighted by atomic mass is 9.91. The lowest BCUT2D eigenvalue weighted by Crippen LogP contribution is -2.42. The number of aromatic nitrogens is 2. The van der Waals surface area contributed by atoms with Crippen molar-refractivity contribution in [2.24, 2.45) is 5.84 Å². The van der Waals surface area contributed by atoms with Crippen LogP contribution < -0.4 is 16.2 Å². The molecule has 0 aromatic carbocycles. The predicted molar refractivity (Wildman–Crippen MR) is 85.3 cm³/mol. The standard InChI is InChI=1S/C15H27N5O/c1-3-6-13-17-14(19-16)11(2)15(18-13)20(9-5-10-21)12-7-4-8-12/h12,21H,3-10,16H2,1-2H3,(H,17,18,19). The highest BCUT2D eigenvalue weighted by molar-refractivity contribution is 5.59. The Labute approximate surface area is 126 Å². The third-order valence-electron chi connectivity index (χ3n) is 4.12. The van der Waals surface area contributed by atoms with Crippen LogP contribution >= 0.6 is 0 Å². The van der Waals surface area contributed by atoms with E-state index >= 15 is 0 Å². The predicted octanol–water partition coefficient (Wildman–Crippen LogP) is 1.76. The van der Waals surface area contributed by atoms with E-state index in [1.807, 2.05) is 6.92 Å². The summed E-state index contributed by atoms with van der Waals surface area (Å²) in [5.74, 6) is 8.12. The van der Waals surface area contributed by atoms with E-state index in [4.69, 9.17) is 15.9 Å². The molecule has 6 nitrogen and oxygen atoms in total. The molecule has 1 fully saturated rings. The highest BCUT2D eigenvalue weighted by Crippen LogP contribution is 2.32. The van der Waals surface area contributed by atoms with Gasteiger partial charge in [0, 0.05) is 31.2 Å². The van der Waals surface area contributed by atoms with Gasteiger partial charge in [-0.2, -0.15) is 0 Å². The van der Waals surface area contributed by atoms with Crippen molar-refractivity contribution in [2.45, 2.75) is 58.4 Å². The van der Waals surface area contributed by atoms with Crippen LogP contribution in [0.25, 0.3) is 0 Å². The van der Waals surface area contributed by atoms with Crippen LogP contribution in [-0.2, 0) is 6.42 Å². The highest BCUT2D eigenvalue weighted by atomic mass is 16.3. The zero-order valence-electron chi connectivity index (χ0n) is 13.1. The Bertz CT molecular complexity index is 462. The molecule has 6 heteroatoms. The molecule has 1 aromatic heterocycles. The summed E-state index contributed by atoms with van der Waals surface area (Å²) in [6, 6.07) is 0.533. The second-order valence-electron chi connectivity index (χ2n) is 5.69. The average molecular weight is 293 g/mol. The molecule has 4 N–H and O–H groups in total. The quantitative estimate of drug-likeness (QED) is 0.500. The van der Waals surface area contributed by atoms with Crippen LogP contribution in [0.3, 0.4) is 0 Å². The highest BCUT2D eigenvalue weighted by Gasteiger charge is 2.28. The minimum absolute atomic E-state index is 0.206. The van der Waals surface area contributed by atoms with Crippen molar-refractivity contribution in [2.75, 3.05) is 23.5 Å². The number of nitrogens with zero attached hydrogens (tertiary/aromatic N) is 3. The fraction of sp³-hybridized carbons (Fsp3) is 0.733. The van der Waals surface area contributed by atoms with Gasteiger partial charge in [0.25, 0.3) is 0 Å². The number of aliphatic hydroxyl groups excluding tert-OH is 1. The summed E-state index contributed by atoms with van der Waals surface area (Å²) in [4.78, 5) is 11.6. The maximum Gasteiger partial charge on any atom is 0.148 e. The third-order valence-corrected chi connectivity index (χ3v) is 4.12. The molecule has 0 unspecified atom stereocenters. The van der Waals surface area contributed by atoms with E-state index in [0.29, 0.717) is 11.9 Å². The number of hydrazine groups is 1. The SMILES string of the molecule is CCCc1nc(NN)c(C)c(N(CCCO)C2CCC2)n1. The summed E-state index contributed by atoms with van der Waals surface area (Å²) in [5.41, 5.74) is 3.68. The number of aliphatic hydroxyl groups is 1. The third kappa shape index (κ3) is 3.63. The second-order valence-corrected chi connectivity index (χ2v) is 5.69. The van der Waals surface area contributed by atoms with Crippen LogP contribution in [-0.4, -0.2) is 34.3 Å². The second kappa shape index (κ2) is 7.56. The Balaban J connectivity index is 2.34. The Morgan fingerprint density at radius 3 is 2.67 bits per heavy atom. The summed E-state index contributed by atoms with van der Waals surface area (Å²) in [6.07, 6.45) is 6.28. The van der Waals surface area contributed by atoms with Gasteiger partial charge in [0.15, 0.2) is 0 Å². The lowest BCUT2D eigenvalue weighted by molar-refractivity contribution is 0.282. The minimum atomic E-state index is 0.206. The summed E-state index contributed by atoms with van der Waals surface area (Å²) < 4.78 is 0. The van der Waals surface area contributed by atoms with Crippen molar-refractivity contribution >= 4 is 11.6 Å². The number of hydrogen-bond acceptors (Lipinski definition) is 6. The molecule has 1 aliphatic rings. The van der Waals surface area contributed by atoms with Crippen LogP contribution in [0.1, 0.15) is 50.4 Å². The van der Waals surface area contributed by atoms with Crippen LogP contribution in [0.2, 0.25) is 0 Å². The number of hydrogen-bond donors (Lipinski definition) is 3. The van der Waals surface area contributed by atoms with E-state index in [-0.39, 0.29) is 6.61 Å². The fourth-order valence-corrected chi connectivity index (χ4v) is 2.71. The molecular weight excluding hydrogens is 266 g/mol. The molecular formula is C15H27N5O. The van der Waals surface area contributed by atoms with Gasteiger partial charge in [0.1, 0.15) is 17.5 Å². The largest absolute Gasteiger partial charge is 0.396 e. The molecule has 2 rings (SSSR count). The Morgan fingerprint density at radius 1 is 1.38 bits per heavy atom. The average Bonchev–Trinajstić information content (AvgIpc) is 2.43. The minimum Gasteiger partial charge on any atom is -0.396 e. The van der Waals surface area contributed by atoms with Gasteiger partial charge in [-0.1, -0.05) is 6.92 Å². The van der Waals surface area contributed by atoms with Crippen molar-refractivity contribution in [3.63, 3.8) is 0 Å². The summed E-state index contributed by atoms with van der Waals surface area (Å²) in [5, 5.41) is 9.15. The van der Waals surface area contributed by atoms with Crippen molar-refractivity contribution in [3.8, 4) is 0 Å². The molecule has 0 saturated heterocycles. The van der Waals surface area contributed by atoms with Crippen LogP contribution in [0, 0.1) is 6.92 Å². The summed E-state index contributed by atoms with van der Waals surface area (Å²) in [6.45, 7) is 5.16. The molecule has 0 bridgehead atoms. The van der Waals surface area contributed by atoms with Gasteiger partial charge >= 0.3 is 0 Å². The van der Waals surface area contributed by atoms with Crippen molar-refractivity contribution < 1.29 is 5.11 Å². The number of aryl methyl sites for hydroxylation is 1. The molecule has 1 aromatic rings. The number of nitrogens with two attached hydrogens (primary N) is 1. The van der Waals surface area contributed by atoms with Gasteiger partial charge in [-0.15, -0.1) is 0 Å². The van der Waals surface area contributed by atoms with Crippen LogP contribution in [0.5, 0.6) is 0 Å². The lowest BCUT2D eigenvalue weighted by Gasteiger charge is -2.39. The first kappa shape index (κ1) is 16.0. The molecule has 0 amide bonds. The van der Waals surface area contributed by atoms with E-state index < -0.39 is 0 Å². The molecule has 21 heavy (non-hydrogen) atoms. The maximum atomic E-state index is 9.15. The molecule has 0 atom stereocenters. The number of rotatable bonds is 8. The van der Waals surface area contributed by atoms with Gasteiger partial charge in [-0.05, 0) is 39.0 Å². The number of nitrogens with one attached hydrogen (secondary N) is 1. The summed E-state index contributed by atoms with van der Waals surface area (Å²) in [7, 11) is 0. The zero-order valence-corrected chi connectivity index (χ0v) is 13.1. The first-order valence-corrected chi connectivity index (χ1v) is 7.92. The Morgan fingerprint density at radius 2 is 2.14 bits per heavy atom. The normalized spacial score (nSPS) is 14.9. The van der Waals surface area contributed by atoms with Gasteiger partial charge in [-0.3, -0.25) is 0 Å². The molecule has 0 aliphatic heterocycles. The van der Waals surface area contributed by atoms with Gasteiger partial charge in [-0.25, -0.2) is 15.8 Å². The number of anilines is 2. The van der Waals surface area contributed by atoms with Crippen molar-refractivity contribution in [1.82, 2.24) is 9.97 Å². The fourth-order valence-electron chi connectivity index (χ4n) is 2.71. The van der Waals surface area contributed by atoms with Crippen LogP contribution in [0.15, 0.2) is 0 Å². The smallest absolute Gasteiger partial charge is 0.148 e. The first-order chi connectivity index (χ1) is 10.2. The first-order valence-electron chi connectivity index (χ1n) is 7.92. The number of nitrogen functional groups attached to an aromatic ring is 1. The van der Waals surface area contributed by atoms with E-state index in [9.17, 15) is 0 Å². The van der Waals surface area contributed by atoms with Crippen LogP contribution in [0.4, 0.5) is 11.6 Å². The van der Waals surface area contributed by atoms with E-state index in [1.54, 1.807) is 0 Å². The topological polar surface area (TPSA) is 87.3 Å².